The molecule has 0 aromatic heterocycles. The number of allylic oxidation sites excluding steroid dienone is 4. The first-order valence-corrected chi connectivity index (χ1v) is 9.76. The van der Waals surface area contributed by atoms with Gasteiger partial charge in [-0.05, 0) is 43.3 Å². The Morgan fingerprint density at radius 1 is 1.29 bits per heavy atom. The minimum atomic E-state index is -2.25. The van der Waals surface area contributed by atoms with Crippen LogP contribution < -0.4 is 0 Å². The van der Waals surface area contributed by atoms with E-state index < -0.39 is 57.8 Å². The van der Waals surface area contributed by atoms with Crippen LogP contribution in [-0.2, 0) is 9.59 Å². The summed E-state index contributed by atoms with van der Waals surface area (Å²) >= 11 is 0. The number of carbonyl (C=O) groups is 2. The molecule has 4 aliphatic carbocycles. The van der Waals surface area contributed by atoms with Gasteiger partial charge in [0, 0.05) is 29.6 Å². The van der Waals surface area contributed by atoms with E-state index in [-0.39, 0.29) is 37.0 Å². The van der Waals surface area contributed by atoms with Crippen LogP contribution in [-0.4, -0.2) is 44.4 Å². The van der Waals surface area contributed by atoms with Crippen LogP contribution in [0.15, 0.2) is 23.6 Å². The van der Waals surface area contributed by atoms with Crippen molar-refractivity contribution >= 4 is 11.8 Å². The van der Waals surface area contributed by atoms with E-state index in [1.165, 1.54) is 19.1 Å². The predicted octanol–water partition coefficient (Wildman–Crippen LogP) is 2.72. The molecule has 0 bridgehead atoms. The second kappa shape index (κ2) is 5.51. The summed E-state index contributed by atoms with van der Waals surface area (Å²) in [5.41, 5.74) is -7.08. The van der Waals surface area contributed by atoms with Crippen molar-refractivity contribution < 1.29 is 33.7 Å². The van der Waals surface area contributed by atoms with Gasteiger partial charge >= 0.3 is 5.97 Å². The fourth-order valence-electron chi connectivity index (χ4n) is 6.97. The number of alkyl halides is 1. The molecule has 5 nitrogen and oxygen atoms in total. The molecule has 3 N–H and O–H groups in total. The molecule has 4 aliphatic rings. The normalized spacial score (nSPS) is 52.9. The van der Waals surface area contributed by atoms with Crippen molar-refractivity contribution in [1.82, 2.24) is 0 Å². The molecule has 2 saturated carbocycles. The Balaban J connectivity index is 1.91. The second-order valence-electron chi connectivity index (χ2n) is 9.59. The molecule has 5 unspecified atom stereocenters. The van der Waals surface area contributed by atoms with Gasteiger partial charge in [0.15, 0.2) is 17.1 Å². The minimum absolute atomic E-state index is 0.0703. The molecule has 0 spiro atoms. The van der Waals surface area contributed by atoms with Crippen LogP contribution in [0.25, 0.3) is 0 Å². The third-order valence-corrected chi connectivity index (χ3v) is 8.57. The molecule has 0 amide bonds. The number of carboxylic acid groups (broad SMARTS) is 1. The lowest BCUT2D eigenvalue weighted by atomic mass is 9.45. The van der Waals surface area contributed by atoms with Crippen LogP contribution in [0.3, 0.4) is 0 Å². The largest absolute Gasteiger partial charge is 0.479 e. The number of aliphatic carboxylic acids is 1. The highest BCUT2D eigenvalue weighted by Gasteiger charge is 2.76. The summed E-state index contributed by atoms with van der Waals surface area (Å²) < 4.78 is 31.9. The number of aliphatic hydroxyl groups is 2. The molecule has 0 aromatic rings. The topological polar surface area (TPSA) is 94.8 Å². The molecular weight excluding hydrogens is 370 g/mol. The number of carboxylic acids is 1. The molecule has 28 heavy (non-hydrogen) atoms. The number of hydrogen-bond donors (Lipinski definition) is 3. The van der Waals surface area contributed by atoms with Crippen LogP contribution in [0.4, 0.5) is 8.78 Å². The zero-order chi connectivity index (χ0) is 20.9. The Kier molecular flexibility index (Phi) is 3.88. The third-order valence-electron chi connectivity index (χ3n) is 8.57. The maximum Gasteiger partial charge on any atom is 0.336 e. The van der Waals surface area contributed by atoms with E-state index in [1.807, 2.05) is 0 Å². The monoisotopic (exact) mass is 396 g/mol. The minimum Gasteiger partial charge on any atom is -0.479 e. The van der Waals surface area contributed by atoms with Crippen LogP contribution >= 0.6 is 0 Å². The SMILES string of the molecule is C[C@@H]1CC2C3CC(F)=C4CC(=O)C=CC4(C)[C@@]3(F)C(O)CC2(C)[C@@]1(O)C(=O)O. The molecule has 2 fully saturated rings. The van der Waals surface area contributed by atoms with E-state index in [2.05, 4.69) is 0 Å². The van der Waals surface area contributed by atoms with Gasteiger partial charge in [0.1, 0.15) is 5.83 Å². The molecule has 0 radical (unpaired) electrons. The number of fused-ring (bicyclic) bond motifs is 5. The smallest absolute Gasteiger partial charge is 0.336 e. The molecule has 154 valence electrons. The van der Waals surface area contributed by atoms with Crippen molar-refractivity contribution in [3.05, 3.63) is 23.6 Å². The lowest BCUT2D eigenvalue weighted by molar-refractivity contribution is -0.223. The fraction of sp³-hybridized carbons (Fsp3) is 0.714. The molecule has 4 rings (SSSR count). The second-order valence-corrected chi connectivity index (χ2v) is 9.59. The van der Waals surface area contributed by atoms with Crippen molar-refractivity contribution in [2.45, 2.75) is 63.8 Å². The van der Waals surface area contributed by atoms with Crippen molar-refractivity contribution in [3.63, 3.8) is 0 Å². The highest BCUT2D eigenvalue weighted by atomic mass is 19.1. The Hall–Kier alpha value is -1.60. The lowest BCUT2D eigenvalue weighted by Gasteiger charge is -2.61. The summed E-state index contributed by atoms with van der Waals surface area (Å²) in [6.07, 6.45) is 0.456. The summed E-state index contributed by atoms with van der Waals surface area (Å²) in [5, 5.41) is 31.8. The van der Waals surface area contributed by atoms with E-state index >= 15 is 8.78 Å². The molecule has 0 saturated heterocycles. The van der Waals surface area contributed by atoms with Gasteiger partial charge in [0.25, 0.3) is 0 Å². The predicted molar refractivity (Wildman–Crippen MR) is 95.5 cm³/mol. The summed E-state index contributed by atoms with van der Waals surface area (Å²) in [4.78, 5) is 23.8. The first kappa shape index (κ1) is 19.7. The van der Waals surface area contributed by atoms with Gasteiger partial charge in [-0.2, -0.15) is 0 Å². The van der Waals surface area contributed by atoms with Crippen LogP contribution in [0.5, 0.6) is 0 Å². The van der Waals surface area contributed by atoms with Crippen LogP contribution in [0.1, 0.15) is 46.5 Å². The first-order chi connectivity index (χ1) is 12.8. The Labute approximate surface area is 162 Å². The molecule has 0 heterocycles. The van der Waals surface area contributed by atoms with Crippen molar-refractivity contribution in [3.8, 4) is 0 Å². The average molecular weight is 396 g/mol. The zero-order valence-corrected chi connectivity index (χ0v) is 16.2. The highest BCUT2D eigenvalue weighted by Crippen LogP contribution is 2.70. The number of ketones is 1. The standard InChI is InChI=1S/C21H26F2O5/c1-10-6-12-13-8-15(22)14-7-11(24)4-5-18(14,2)20(13,23)16(25)9-19(12,3)21(10,28)17(26)27/h4-5,10,12-13,16,25,28H,6-9H2,1-3H3,(H,26,27)/t10-,12?,13?,16?,18?,19?,20+,21+/m1/s1. The lowest BCUT2D eigenvalue weighted by Crippen LogP contribution is -2.69. The maximum absolute atomic E-state index is 16.8. The molecule has 0 aromatic carbocycles. The van der Waals surface area contributed by atoms with Crippen molar-refractivity contribution in [2.75, 3.05) is 0 Å². The number of carbonyl (C=O) groups excluding carboxylic acids is 1. The summed E-state index contributed by atoms with van der Waals surface area (Å²) in [6, 6.07) is 0. The van der Waals surface area contributed by atoms with E-state index in [4.69, 9.17) is 0 Å². The van der Waals surface area contributed by atoms with E-state index in [0.717, 1.165) is 0 Å². The van der Waals surface area contributed by atoms with Crippen LogP contribution in [0, 0.1) is 28.6 Å². The van der Waals surface area contributed by atoms with Crippen molar-refractivity contribution in [2.24, 2.45) is 28.6 Å². The van der Waals surface area contributed by atoms with E-state index in [9.17, 15) is 24.9 Å². The molecule has 7 heteroatoms. The molecular formula is C21H26F2O5. The highest BCUT2D eigenvalue weighted by molar-refractivity contribution is 5.93. The Morgan fingerprint density at radius 2 is 1.93 bits per heavy atom. The average Bonchev–Trinajstić information content (AvgIpc) is 2.81. The summed E-state index contributed by atoms with van der Waals surface area (Å²) in [7, 11) is 0. The molecule has 8 atom stereocenters. The molecule has 0 aliphatic heterocycles. The quantitative estimate of drug-likeness (QED) is 0.634. The van der Waals surface area contributed by atoms with Crippen LogP contribution in [0.2, 0.25) is 0 Å². The van der Waals surface area contributed by atoms with Gasteiger partial charge in [-0.1, -0.05) is 19.9 Å². The fourth-order valence-corrected chi connectivity index (χ4v) is 6.97. The number of rotatable bonds is 1. The third kappa shape index (κ3) is 1.92. The Bertz CT molecular complexity index is 837. The van der Waals surface area contributed by atoms with Gasteiger partial charge < -0.3 is 15.3 Å². The van der Waals surface area contributed by atoms with E-state index in [0.29, 0.717) is 0 Å². The van der Waals surface area contributed by atoms with Gasteiger partial charge in [-0.15, -0.1) is 0 Å². The maximum atomic E-state index is 16.8. The number of halogens is 2. The Morgan fingerprint density at radius 3 is 2.54 bits per heavy atom. The van der Waals surface area contributed by atoms with Gasteiger partial charge in [-0.3, -0.25) is 4.79 Å². The van der Waals surface area contributed by atoms with Crippen molar-refractivity contribution in [1.29, 1.82) is 0 Å². The zero-order valence-electron chi connectivity index (χ0n) is 16.2. The summed E-state index contributed by atoms with van der Waals surface area (Å²) in [6.45, 7) is 4.67. The number of aliphatic hydroxyl groups excluding tert-OH is 1. The first-order valence-electron chi connectivity index (χ1n) is 9.76. The number of hydrogen-bond acceptors (Lipinski definition) is 4. The van der Waals surface area contributed by atoms with E-state index in [1.54, 1.807) is 13.8 Å². The van der Waals surface area contributed by atoms with Gasteiger partial charge in [0.05, 0.1) is 6.10 Å². The summed E-state index contributed by atoms with van der Waals surface area (Å²) in [5.74, 6) is -4.55. The van der Waals surface area contributed by atoms with Gasteiger partial charge in [0.2, 0.25) is 0 Å². The van der Waals surface area contributed by atoms with Gasteiger partial charge in [-0.25, -0.2) is 13.6 Å².